The molecule has 0 saturated heterocycles. The number of nitrogens with zero attached hydrogens (tertiary/aromatic N) is 1. The van der Waals surface area contributed by atoms with Gasteiger partial charge in [0.15, 0.2) is 6.61 Å². The zero-order chi connectivity index (χ0) is 18.1. The van der Waals surface area contributed by atoms with Crippen molar-refractivity contribution in [3.63, 3.8) is 0 Å². The highest BCUT2D eigenvalue weighted by molar-refractivity contribution is 7.99. The van der Waals surface area contributed by atoms with Crippen LogP contribution in [0.15, 0.2) is 76.5 Å². The fraction of sp³-hybridized carbons (Fsp3) is 0.0500. The molecule has 0 bridgehead atoms. The molecule has 0 atom stereocenters. The summed E-state index contributed by atoms with van der Waals surface area (Å²) in [5, 5.41) is 0.893. The van der Waals surface area contributed by atoms with Crippen LogP contribution in [-0.2, 0) is 4.79 Å². The van der Waals surface area contributed by atoms with E-state index in [1.165, 1.54) is 0 Å². The average molecular weight is 402 g/mol. The van der Waals surface area contributed by atoms with Crippen molar-refractivity contribution in [3.8, 4) is 5.75 Å². The summed E-state index contributed by atoms with van der Waals surface area (Å²) in [7, 11) is 0. The van der Waals surface area contributed by atoms with Crippen LogP contribution in [0.3, 0.4) is 0 Å². The van der Waals surface area contributed by atoms with E-state index in [0.29, 0.717) is 15.8 Å². The number of amides is 1. The molecular weight excluding hydrogens is 389 g/mol. The molecule has 0 unspecified atom stereocenters. The Morgan fingerprint density at radius 2 is 1.54 bits per heavy atom. The standard InChI is InChI=1S/C20H13Cl2NO2S/c21-13-9-10-17(14(22)11-13)25-12-20(24)23-15-5-1-3-7-18(15)26-19-8-4-2-6-16(19)23/h1-11H,12H2. The van der Waals surface area contributed by atoms with Crippen molar-refractivity contribution in [2.24, 2.45) is 0 Å². The molecular formula is C20H13Cl2NO2S. The fourth-order valence-corrected chi connectivity index (χ4v) is 4.29. The summed E-state index contributed by atoms with van der Waals surface area (Å²) >= 11 is 13.7. The number of halogens is 2. The van der Waals surface area contributed by atoms with E-state index in [1.807, 2.05) is 48.5 Å². The van der Waals surface area contributed by atoms with Gasteiger partial charge in [-0.15, -0.1) is 0 Å². The lowest BCUT2D eigenvalue weighted by molar-refractivity contribution is -0.119. The van der Waals surface area contributed by atoms with Crippen LogP contribution in [0.25, 0.3) is 0 Å². The molecule has 1 aliphatic heterocycles. The minimum Gasteiger partial charge on any atom is -0.482 e. The lowest BCUT2D eigenvalue weighted by Gasteiger charge is -2.31. The number of ether oxygens (including phenoxy) is 1. The van der Waals surface area contributed by atoms with E-state index in [4.69, 9.17) is 27.9 Å². The molecule has 130 valence electrons. The zero-order valence-corrected chi connectivity index (χ0v) is 15.8. The third kappa shape index (κ3) is 3.28. The molecule has 3 nitrogen and oxygen atoms in total. The molecule has 0 fully saturated rings. The van der Waals surface area contributed by atoms with Crippen molar-refractivity contribution >= 4 is 52.2 Å². The molecule has 0 saturated carbocycles. The lowest BCUT2D eigenvalue weighted by atomic mass is 10.2. The van der Waals surface area contributed by atoms with Gasteiger partial charge in [0.05, 0.1) is 16.4 Å². The zero-order valence-electron chi connectivity index (χ0n) is 13.5. The molecule has 1 amide bonds. The third-order valence-electron chi connectivity index (χ3n) is 3.93. The highest BCUT2D eigenvalue weighted by atomic mass is 35.5. The Kier molecular flexibility index (Phi) is 4.81. The first kappa shape index (κ1) is 17.3. The number of para-hydroxylation sites is 2. The van der Waals surface area contributed by atoms with Gasteiger partial charge in [-0.3, -0.25) is 9.69 Å². The maximum absolute atomic E-state index is 13.0. The Balaban J connectivity index is 1.63. The van der Waals surface area contributed by atoms with E-state index in [-0.39, 0.29) is 12.5 Å². The number of rotatable bonds is 3. The number of carbonyl (C=O) groups excluding carboxylic acids is 1. The summed E-state index contributed by atoms with van der Waals surface area (Å²) in [5.41, 5.74) is 1.71. The summed E-state index contributed by atoms with van der Waals surface area (Å²) in [5.74, 6) is 0.258. The molecule has 1 aliphatic rings. The van der Waals surface area contributed by atoms with Crippen molar-refractivity contribution in [2.45, 2.75) is 9.79 Å². The highest BCUT2D eigenvalue weighted by Gasteiger charge is 2.28. The lowest BCUT2D eigenvalue weighted by Crippen LogP contribution is -2.32. The van der Waals surface area contributed by atoms with Crippen LogP contribution in [0.2, 0.25) is 10.0 Å². The van der Waals surface area contributed by atoms with E-state index < -0.39 is 0 Å². The van der Waals surface area contributed by atoms with Gasteiger partial charge >= 0.3 is 0 Å². The normalized spacial score (nSPS) is 12.3. The molecule has 4 rings (SSSR count). The smallest absolute Gasteiger partial charge is 0.269 e. The first-order chi connectivity index (χ1) is 12.6. The van der Waals surface area contributed by atoms with E-state index in [2.05, 4.69) is 0 Å². The summed E-state index contributed by atoms with van der Waals surface area (Å²) < 4.78 is 5.65. The second-order valence-electron chi connectivity index (χ2n) is 5.63. The van der Waals surface area contributed by atoms with E-state index in [0.717, 1.165) is 21.2 Å². The molecule has 1 heterocycles. The van der Waals surface area contributed by atoms with Crippen LogP contribution in [0.4, 0.5) is 11.4 Å². The summed E-state index contributed by atoms with van der Waals surface area (Å²) in [6, 6.07) is 20.6. The predicted octanol–water partition coefficient (Wildman–Crippen LogP) is 6.20. The van der Waals surface area contributed by atoms with Gasteiger partial charge in [0.25, 0.3) is 5.91 Å². The minimum atomic E-state index is -0.170. The van der Waals surface area contributed by atoms with E-state index >= 15 is 0 Å². The second-order valence-corrected chi connectivity index (χ2v) is 7.56. The first-order valence-electron chi connectivity index (χ1n) is 7.90. The van der Waals surface area contributed by atoms with Crippen LogP contribution in [0.1, 0.15) is 0 Å². The Hall–Kier alpha value is -2.14. The Bertz CT molecular complexity index is 948. The van der Waals surface area contributed by atoms with Gasteiger partial charge in [-0.05, 0) is 42.5 Å². The number of hydrogen-bond donors (Lipinski definition) is 0. The topological polar surface area (TPSA) is 29.5 Å². The predicted molar refractivity (Wildman–Crippen MR) is 106 cm³/mol. The van der Waals surface area contributed by atoms with Crippen LogP contribution < -0.4 is 9.64 Å². The quantitative estimate of drug-likeness (QED) is 0.522. The molecule has 3 aromatic carbocycles. The van der Waals surface area contributed by atoms with Crippen molar-refractivity contribution in [1.29, 1.82) is 0 Å². The number of carbonyl (C=O) groups is 1. The number of fused-ring (bicyclic) bond motifs is 2. The molecule has 0 spiro atoms. The molecule has 26 heavy (non-hydrogen) atoms. The van der Waals surface area contributed by atoms with Crippen molar-refractivity contribution in [3.05, 3.63) is 76.8 Å². The summed E-state index contributed by atoms with van der Waals surface area (Å²) in [6.07, 6.45) is 0. The van der Waals surface area contributed by atoms with Gasteiger partial charge in [0, 0.05) is 14.8 Å². The van der Waals surface area contributed by atoms with Crippen LogP contribution in [0, 0.1) is 0 Å². The van der Waals surface area contributed by atoms with Gasteiger partial charge in [-0.25, -0.2) is 0 Å². The Morgan fingerprint density at radius 3 is 2.15 bits per heavy atom. The van der Waals surface area contributed by atoms with Crippen LogP contribution >= 0.6 is 35.0 Å². The number of anilines is 2. The van der Waals surface area contributed by atoms with E-state index in [9.17, 15) is 4.79 Å². The minimum absolute atomic E-state index is 0.130. The summed E-state index contributed by atoms with van der Waals surface area (Å²) in [6.45, 7) is -0.130. The van der Waals surface area contributed by atoms with Gasteiger partial charge in [-0.2, -0.15) is 0 Å². The van der Waals surface area contributed by atoms with Crippen LogP contribution in [-0.4, -0.2) is 12.5 Å². The summed E-state index contributed by atoms with van der Waals surface area (Å²) in [4.78, 5) is 16.8. The Morgan fingerprint density at radius 1 is 0.923 bits per heavy atom. The number of benzene rings is 3. The molecule has 6 heteroatoms. The first-order valence-corrected chi connectivity index (χ1v) is 9.47. The molecule has 0 radical (unpaired) electrons. The Labute approximate surface area is 165 Å². The molecule has 3 aromatic rings. The monoisotopic (exact) mass is 401 g/mol. The van der Waals surface area contributed by atoms with E-state index in [1.54, 1.807) is 34.9 Å². The SMILES string of the molecule is O=C(COc1ccc(Cl)cc1Cl)N1c2ccccc2Sc2ccccc21. The van der Waals surface area contributed by atoms with Gasteiger partial charge in [0.2, 0.25) is 0 Å². The largest absolute Gasteiger partial charge is 0.482 e. The molecule has 0 N–H and O–H groups in total. The van der Waals surface area contributed by atoms with Gasteiger partial charge < -0.3 is 4.74 Å². The fourth-order valence-electron chi connectivity index (χ4n) is 2.77. The van der Waals surface area contributed by atoms with Crippen LogP contribution in [0.5, 0.6) is 5.75 Å². The molecule has 0 aromatic heterocycles. The van der Waals surface area contributed by atoms with Crippen molar-refractivity contribution < 1.29 is 9.53 Å². The van der Waals surface area contributed by atoms with Crippen molar-refractivity contribution in [1.82, 2.24) is 0 Å². The van der Waals surface area contributed by atoms with Gasteiger partial charge in [0.1, 0.15) is 5.75 Å². The average Bonchev–Trinajstić information content (AvgIpc) is 2.65. The maximum atomic E-state index is 13.0. The highest BCUT2D eigenvalue weighted by Crippen LogP contribution is 2.47. The van der Waals surface area contributed by atoms with Gasteiger partial charge in [-0.1, -0.05) is 59.2 Å². The number of hydrogen-bond acceptors (Lipinski definition) is 3. The molecule has 0 aliphatic carbocycles. The maximum Gasteiger partial charge on any atom is 0.269 e. The second kappa shape index (κ2) is 7.23. The third-order valence-corrected chi connectivity index (χ3v) is 5.59. The van der Waals surface area contributed by atoms with Crippen molar-refractivity contribution in [2.75, 3.05) is 11.5 Å².